The van der Waals surface area contributed by atoms with Gasteiger partial charge in [-0.15, -0.1) is 0 Å². The first kappa shape index (κ1) is 25.8. The van der Waals surface area contributed by atoms with Gasteiger partial charge in [-0.25, -0.2) is 0 Å². The van der Waals surface area contributed by atoms with Crippen molar-refractivity contribution in [3.63, 3.8) is 0 Å². The van der Waals surface area contributed by atoms with Gasteiger partial charge in [0.15, 0.2) is 0 Å². The molecule has 0 saturated heterocycles. The molecule has 1 aromatic rings. The lowest BCUT2D eigenvalue weighted by atomic mass is 10.2. The lowest BCUT2D eigenvalue weighted by Gasteiger charge is -2.29. The van der Waals surface area contributed by atoms with E-state index in [-0.39, 0.29) is 9.49 Å². The van der Waals surface area contributed by atoms with E-state index in [1.165, 1.54) is 0 Å². The van der Waals surface area contributed by atoms with E-state index < -0.39 is 0 Å². The fourth-order valence-electron chi connectivity index (χ4n) is 2.80. The van der Waals surface area contributed by atoms with E-state index >= 15 is 0 Å². The van der Waals surface area contributed by atoms with Gasteiger partial charge in [-0.1, -0.05) is 19.9 Å². The van der Waals surface area contributed by atoms with Crippen molar-refractivity contribution in [2.24, 2.45) is 0 Å². The Morgan fingerprint density at radius 1 is 0.808 bits per heavy atom. The van der Waals surface area contributed by atoms with Crippen LogP contribution in [-0.4, -0.2) is 64.0 Å². The van der Waals surface area contributed by atoms with E-state index in [4.69, 9.17) is 4.98 Å². The van der Waals surface area contributed by atoms with Crippen LogP contribution in [0, 0.1) is 0 Å². The zero-order chi connectivity index (χ0) is 20.4. The molecule has 0 atom stereocenters. The van der Waals surface area contributed by atoms with Gasteiger partial charge >= 0.3 is 0 Å². The highest BCUT2D eigenvalue weighted by Gasteiger charge is 2.20. The first-order valence-corrected chi connectivity index (χ1v) is 11.9. The summed E-state index contributed by atoms with van der Waals surface area (Å²) in [5, 5.41) is 0. The molecule has 0 amide bonds. The van der Waals surface area contributed by atoms with Crippen LogP contribution in [0.5, 0.6) is 0 Å². The Hall–Kier alpha value is -0.230. The summed E-state index contributed by atoms with van der Waals surface area (Å²) < 4.78 is 0.548. The summed E-state index contributed by atoms with van der Waals surface area (Å²) in [6, 6.07) is 6.41. The second-order valence-corrected chi connectivity index (χ2v) is 10.9. The zero-order valence-electron chi connectivity index (χ0n) is 18.7. The highest BCUT2D eigenvalue weighted by molar-refractivity contribution is 8.00. The molecule has 0 radical (unpaired) electrons. The fraction of sp³-hybridized carbons (Fsp3) is 0.762. The molecule has 0 aliphatic carbocycles. The van der Waals surface area contributed by atoms with E-state index in [1.807, 2.05) is 37.4 Å². The van der Waals surface area contributed by atoms with Gasteiger partial charge in [-0.3, -0.25) is 14.8 Å². The maximum atomic E-state index is 4.87. The molecule has 1 heterocycles. The number of hydrogen-bond acceptors (Lipinski definition) is 5. The number of nitrogens with zero attached hydrogens (tertiary/aromatic N) is 3. The molecule has 0 spiro atoms. The minimum atomic E-state index is 0.274. The second kappa shape index (κ2) is 12.3. The van der Waals surface area contributed by atoms with E-state index in [0.29, 0.717) is 0 Å². The van der Waals surface area contributed by atoms with Gasteiger partial charge in [0, 0.05) is 35.7 Å². The molecule has 0 aliphatic rings. The standard InChI is InChI=1S/C19H35N3S2.C2H6/c1-18(2,23-7)14-21(5)12-16-10-9-11-17(20-16)13-22(6)15-19(3,4)24-8;1-2/h9-11H,12-15H2,1-8H3;1-2H3. The molecule has 5 heteroatoms. The molecule has 0 aliphatic heterocycles. The molecule has 0 saturated carbocycles. The van der Waals surface area contributed by atoms with Crippen molar-refractivity contribution in [1.29, 1.82) is 0 Å². The normalized spacial score (nSPS) is 12.3. The van der Waals surface area contributed by atoms with Crippen LogP contribution in [0.15, 0.2) is 18.2 Å². The van der Waals surface area contributed by atoms with Gasteiger partial charge in [-0.2, -0.15) is 23.5 Å². The van der Waals surface area contributed by atoms with Crippen molar-refractivity contribution in [2.45, 2.75) is 64.1 Å². The third-order valence-electron chi connectivity index (χ3n) is 4.13. The minimum Gasteiger partial charge on any atom is -0.299 e. The number of pyridine rings is 1. The number of hydrogen-bond donors (Lipinski definition) is 0. The molecule has 26 heavy (non-hydrogen) atoms. The summed E-state index contributed by atoms with van der Waals surface area (Å²) in [6.07, 6.45) is 4.36. The quantitative estimate of drug-likeness (QED) is 0.533. The molecule has 1 rings (SSSR count). The molecule has 0 fully saturated rings. The Labute approximate surface area is 171 Å². The Balaban J connectivity index is 0.00000301. The fourth-order valence-corrected chi connectivity index (χ4v) is 3.50. The van der Waals surface area contributed by atoms with Crippen LogP contribution in [0.2, 0.25) is 0 Å². The second-order valence-electron chi connectivity index (χ2n) is 7.89. The number of aromatic nitrogens is 1. The van der Waals surface area contributed by atoms with E-state index in [9.17, 15) is 0 Å². The molecule has 0 bridgehead atoms. The topological polar surface area (TPSA) is 19.4 Å². The average Bonchev–Trinajstić information content (AvgIpc) is 2.55. The summed E-state index contributed by atoms with van der Waals surface area (Å²) in [5.74, 6) is 0. The highest BCUT2D eigenvalue weighted by Crippen LogP contribution is 2.23. The predicted molar refractivity (Wildman–Crippen MR) is 123 cm³/mol. The molecule has 0 N–H and O–H groups in total. The van der Waals surface area contributed by atoms with Gasteiger partial charge in [0.05, 0.1) is 11.4 Å². The van der Waals surface area contributed by atoms with Crippen molar-refractivity contribution < 1.29 is 0 Å². The summed E-state index contributed by atoms with van der Waals surface area (Å²) in [5.41, 5.74) is 2.31. The Morgan fingerprint density at radius 2 is 1.15 bits per heavy atom. The van der Waals surface area contributed by atoms with Crippen molar-refractivity contribution in [1.82, 2.24) is 14.8 Å². The minimum absolute atomic E-state index is 0.274. The average molecular weight is 400 g/mol. The summed E-state index contributed by atoms with van der Waals surface area (Å²) >= 11 is 3.83. The maximum absolute atomic E-state index is 4.87. The SMILES string of the molecule is CC.CSC(C)(C)CN(C)Cc1cccc(CN(C)CC(C)(C)SC)n1. The van der Waals surface area contributed by atoms with Crippen LogP contribution in [0.1, 0.15) is 52.9 Å². The van der Waals surface area contributed by atoms with Crippen LogP contribution in [-0.2, 0) is 13.1 Å². The van der Waals surface area contributed by atoms with Crippen LogP contribution in [0.3, 0.4) is 0 Å². The Bertz CT molecular complexity index is 463. The molecular formula is C21H41N3S2. The zero-order valence-corrected chi connectivity index (χ0v) is 20.4. The lowest BCUT2D eigenvalue weighted by Crippen LogP contribution is -2.34. The van der Waals surface area contributed by atoms with Crippen molar-refractivity contribution in [3.05, 3.63) is 29.6 Å². The molecule has 152 valence electrons. The predicted octanol–water partition coefficient (Wildman–Crippen LogP) is 5.25. The third-order valence-corrected chi connectivity index (χ3v) is 6.60. The van der Waals surface area contributed by atoms with Gasteiger partial charge < -0.3 is 0 Å². The molecular weight excluding hydrogens is 358 g/mol. The summed E-state index contributed by atoms with van der Waals surface area (Å²) in [4.78, 5) is 9.60. The van der Waals surface area contributed by atoms with Crippen molar-refractivity contribution in [3.8, 4) is 0 Å². The van der Waals surface area contributed by atoms with Crippen LogP contribution in [0.4, 0.5) is 0 Å². The van der Waals surface area contributed by atoms with Gasteiger partial charge in [-0.05, 0) is 66.4 Å². The third kappa shape index (κ3) is 10.8. The molecule has 1 aromatic heterocycles. The number of rotatable bonds is 10. The highest BCUT2D eigenvalue weighted by atomic mass is 32.2. The first-order chi connectivity index (χ1) is 12.1. The van der Waals surface area contributed by atoms with E-state index in [1.54, 1.807) is 0 Å². The Morgan fingerprint density at radius 3 is 1.46 bits per heavy atom. The van der Waals surface area contributed by atoms with E-state index in [0.717, 1.165) is 37.6 Å². The maximum Gasteiger partial charge on any atom is 0.0547 e. The summed E-state index contributed by atoms with van der Waals surface area (Å²) in [6.45, 7) is 17.1. The lowest BCUT2D eigenvalue weighted by molar-refractivity contribution is 0.292. The molecule has 0 aromatic carbocycles. The summed E-state index contributed by atoms with van der Waals surface area (Å²) in [7, 11) is 4.36. The molecule has 3 nitrogen and oxygen atoms in total. The smallest absolute Gasteiger partial charge is 0.0547 e. The Kier molecular flexibility index (Phi) is 12.2. The molecule has 0 unspecified atom stereocenters. The van der Waals surface area contributed by atoms with Gasteiger partial charge in [0.1, 0.15) is 0 Å². The van der Waals surface area contributed by atoms with Crippen LogP contribution >= 0.6 is 23.5 Å². The van der Waals surface area contributed by atoms with Crippen molar-refractivity contribution in [2.75, 3.05) is 39.7 Å². The number of thioether (sulfide) groups is 2. The monoisotopic (exact) mass is 399 g/mol. The first-order valence-electron chi connectivity index (χ1n) is 9.49. The van der Waals surface area contributed by atoms with Gasteiger partial charge in [0.2, 0.25) is 0 Å². The van der Waals surface area contributed by atoms with Crippen LogP contribution in [0.25, 0.3) is 0 Å². The van der Waals surface area contributed by atoms with E-state index in [2.05, 4.69) is 82.3 Å². The van der Waals surface area contributed by atoms with Gasteiger partial charge in [0.25, 0.3) is 0 Å². The van der Waals surface area contributed by atoms with Crippen LogP contribution < -0.4 is 0 Å². The van der Waals surface area contributed by atoms with Crippen molar-refractivity contribution >= 4 is 23.5 Å². The largest absolute Gasteiger partial charge is 0.299 e.